The molecular formula is C15H19NO4. The lowest BCUT2D eigenvalue weighted by atomic mass is 9.92. The third-order valence-corrected chi connectivity index (χ3v) is 3.86. The summed E-state index contributed by atoms with van der Waals surface area (Å²) < 4.78 is 11.2. The zero-order chi connectivity index (χ0) is 13.9. The van der Waals surface area contributed by atoms with Gasteiger partial charge in [-0.2, -0.15) is 0 Å². The largest absolute Gasteiger partial charge is 0.485 e. The first-order valence-electron chi connectivity index (χ1n) is 7.11. The lowest BCUT2D eigenvalue weighted by Gasteiger charge is -2.31. The van der Waals surface area contributed by atoms with Crippen LogP contribution in [0.4, 0.5) is 0 Å². The number of carbonyl (C=O) groups is 1. The Morgan fingerprint density at radius 2 is 1.95 bits per heavy atom. The maximum absolute atomic E-state index is 12.2. The van der Waals surface area contributed by atoms with Gasteiger partial charge < -0.3 is 19.9 Å². The van der Waals surface area contributed by atoms with Gasteiger partial charge in [0.15, 0.2) is 11.5 Å². The Morgan fingerprint density at radius 1 is 1.20 bits per heavy atom. The molecule has 1 amide bonds. The van der Waals surface area contributed by atoms with Crippen molar-refractivity contribution in [3.8, 4) is 11.5 Å². The molecule has 5 nitrogen and oxygen atoms in total. The number of nitrogens with one attached hydrogen (secondary N) is 1. The van der Waals surface area contributed by atoms with Crippen LogP contribution in [0.3, 0.4) is 0 Å². The molecule has 0 spiro atoms. The zero-order valence-corrected chi connectivity index (χ0v) is 11.2. The molecule has 2 aliphatic rings. The van der Waals surface area contributed by atoms with Crippen LogP contribution in [0, 0.1) is 0 Å². The number of carbonyl (C=O) groups excluding carboxylic acids is 1. The van der Waals surface area contributed by atoms with Gasteiger partial charge in [0.25, 0.3) is 5.91 Å². The Kier molecular flexibility index (Phi) is 3.78. The van der Waals surface area contributed by atoms with E-state index in [1.54, 1.807) is 6.07 Å². The molecule has 108 valence electrons. The van der Waals surface area contributed by atoms with E-state index < -0.39 is 12.2 Å². The fraction of sp³-hybridized carbons (Fsp3) is 0.533. The fourth-order valence-corrected chi connectivity index (χ4v) is 2.70. The highest BCUT2D eigenvalue weighted by Gasteiger charge is 2.31. The van der Waals surface area contributed by atoms with E-state index in [2.05, 4.69) is 5.32 Å². The van der Waals surface area contributed by atoms with Crippen molar-refractivity contribution in [2.24, 2.45) is 0 Å². The van der Waals surface area contributed by atoms with E-state index in [-0.39, 0.29) is 18.6 Å². The highest BCUT2D eigenvalue weighted by atomic mass is 16.6. The van der Waals surface area contributed by atoms with Crippen LogP contribution in [0.15, 0.2) is 24.3 Å². The molecule has 0 aromatic heterocycles. The van der Waals surface area contributed by atoms with Crippen molar-refractivity contribution in [1.82, 2.24) is 5.32 Å². The van der Waals surface area contributed by atoms with E-state index in [4.69, 9.17) is 9.47 Å². The van der Waals surface area contributed by atoms with Crippen LogP contribution in [-0.2, 0) is 4.79 Å². The number of hydrogen-bond acceptors (Lipinski definition) is 4. The van der Waals surface area contributed by atoms with Crippen molar-refractivity contribution >= 4 is 5.91 Å². The van der Waals surface area contributed by atoms with Gasteiger partial charge in [0, 0.05) is 0 Å². The number of amides is 1. The maximum Gasteiger partial charge on any atom is 0.265 e. The molecule has 0 radical (unpaired) electrons. The second-order valence-corrected chi connectivity index (χ2v) is 5.33. The molecule has 3 rings (SSSR count). The minimum absolute atomic E-state index is 0.169. The first-order chi connectivity index (χ1) is 9.74. The molecular weight excluding hydrogens is 258 g/mol. The lowest BCUT2D eigenvalue weighted by molar-refractivity contribution is -0.132. The van der Waals surface area contributed by atoms with Crippen molar-refractivity contribution in [2.45, 2.75) is 43.9 Å². The Bertz CT molecular complexity index is 491. The summed E-state index contributed by atoms with van der Waals surface area (Å²) in [6.45, 7) is 0.200. The predicted octanol–water partition coefficient (Wildman–Crippen LogP) is 1.25. The van der Waals surface area contributed by atoms with E-state index in [9.17, 15) is 9.90 Å². The Balaban J connectivity index is 1.61. The highest BCUT2D eigenvalue weighted by Crippen LogP contribution is 2.31. The monoisotopic (exact) mass is 277 g/mol. The molecule has 1 unspecified atom stereocenters. The third kappa shape index (κ3) is 2.72. The number of aliphatic hydroxyl groups is 1. The average molecular weight is 277 g/mol. The van der Waals surface area contributed by atoms with E-state index in [0.29, 0.717) is 11.5 Å². The van der Waals surface area contributed by atoms with Gasteiger partial charge in [-0.05, 0) is 25.0 Å². The molecule has 1 saturated carbocycles. The number of rotatable bonds is 2. The molecule has 0 saturated heterocycles. The van der Waals surface area contributed by atoms with Crippen LogP contribution < -0.4 is 14.8 Å². The normalized spacial score (nSPS) is 28.8. The Hall–Kier alpha value is -1.75. The molecule has 1 fully saturated rings. The van der Waals surface area contributed by atoms with Crippen molar-refractivity contribution in [3.63, 3.8) is 0 Å². The second-order valence-electron chi connectivity index (χ2n) is 5.33. The first kappa shape index (κ1) is 13.2. The van der Waals surface area contributed by atoms with Gasteiger partial charge in [0.1, 0.15) is 6.61 Å². The number of para-hydroxylation sites is 2. The Morgan fingerprint density at radius 3 is 2.75 bits per heavy atom. The van der Waals surface area contributed by atoms with Crippen LogP contribution in [0.2, 0.25) is 0 Å². The summed E-state index contributed by atoms with van der Waals surface area (Å²) in [6, 6.07) is 7.13. The highest BCUT2D eigenvalue weighted by molar-refractivity contribution is 5.82. The summed E-state index contributed by atoms with van der Waals surface area (Å²) in [7, 11) is 0. The molecule has 1 aliphatic heterocycles. The molecule has 1 aromatic carbocycles. The van der Waals surface area contributed by atoms with Gasteiger partial charge in [-0.15, -0.1) is 0 Å². The smallest absolute Gasteiger partial charge is 0.265 e. The van der Waals surface area contributed by atoms with Gasteiger partial charge in [-0.3, -0.25) is 4.79 Å². The van der Waals surface area contributed by atoms with Crippen molar-refractivity contribution < 1.29 is 19.4 Å². The van der Waals surface area contributed by atoms with Crippen LogP contribution >= 0.6 is 0 Å². The summed E-state index contributed by atoms with van der Waals surface area (Å²) in [5.74, 6) is 1.03. The van der Waals surface area contributed by atoms with E-state index in [0.717, 1.165) is 25.7 Å². The fourth-order valence-electron chi connectivity index (χ4n) is 2.70. The average Bonchev–Trinajstić information content (AvgIpc) is 2.49. The number of fused-ring (bicyclic) bond motifs is 1. The van der Waals surface area contributed by atoms with Crippen LogP contribution in [-0.4, -0.2) is 35.9 Å². The third-order valence-electron chi connectivity index (χ3n) is 3.86. The molecule has 5 heteroatoms. The lowest BCUT2D eigenvalue weighted by Crippen LogP contribution is -2.52. The van der Waals surface area contributed by atoms with Crippen LogP contribution in [0.25, 0.3) is 0 Å². The van der Waals surface area contributed by atoms with Crippen molar-refractivity contribution in [3.05, 3.63) is 24.3 Å². The molecule has 2 N–H and O–H groups in total. The minimum atomic E-state index is -0.654. The summed E-state index contributed by atoms with van der Waals surface area (Å²) in [5, 5.41) is 12.8. The summed E-state index contributed by atoms with van der Waals surface area (Å²) >= 11 is 0. The summed E-state index contributed by atoms with van der Waals surface area (Å²) in [4.78, 5) is 12.2. The van der Waals surface area contributed by atoms with Gasteiger partial charge in [0.2, 0.25) is 6.10 Å². The van der Waals surface area contributed by atoms with Gasteiger partial charge in [-0.1, -0.05) is 25.0 Å². The summed E-state index contributed by atoms with van der Waals surface area (Å²) in [5.41, 5.74) is 0. The number of aliphatic hydroxyl groups excluding tert-OH is 1. The number of benzene rings is 1. The molecule has 1 heterocycles. The first-order valence-corrected chi connectivity index (χ1v) is 7.11. The van der Waals surface area contributed by atoms with Gasteiger partial charge in [-0.25, -0.2) is 0 Å². The second kappa shape index (κ2) is 5.71. The quantitative estimate of drug-likeness (QED) is 0.853. The van der Waals surface area contributed by atoms with E-state index in [1.807, 2.05) is 18.2 Å². The topological polar surface area (TPSA) is 67.8 Å². The van der Waals surface area contributed by atoms with E-state index in [1.165, 1.54) is 0 Å². The summed E-state index contributed by atoms with van der Waals surface area (Å²) in [6.07, 6.45) is 2.51. The molecule has 1 aromatic rings. The number of hydrogen-bond donors (Lipinski definition) is 2. The molecule has 1 aliphatic carbocycles. The van der Waals surface area contributed by atoms with Crippen LogP contribution in [0.5, 0.6) is 11.5 Å². The number of ether oxygens (including phenoxy) is 2. The standard InChI is InChI=1S/C15H19NO4/c17-11-6-2-1-5-10(11)16-15(18)14-9-19-12-7-3-4-8-13(12)20-14/h3-4,7-8,10-11,14,17H,1-2,5-6,9H2,(H,16,18)/t10-,11-,14?/m1/s1. The van der Waals surface area contributed by atoms with Gasteiger partial charge in [0.05, 0.1) is 12.1 Å². The molecule has 3 atom stereocenters. The van der Waals surface area contributed by atoms with Gasteiger partial charge >= 0.3 is 0 Å². The molecule has 20 heavy (non-hydrogen) atoms. The van der Waals surface area contributed by atoms with Crippen molar-refractivity contribution in [1.29, 1.82) is 0 Å². The maximum atomic E-state index is 12.2. The minimum Gasteiger partial charge on any atom is -0.485 e. The Labute approximate surface area is 117 Å². The SMILES string of the molecule is O=C(N[C@@H]1CCCC[C@H]1O)C1COc2ccccc2O1. The zero-order valence-electron chi connectivity index (χ0n) is 11.2. The predicted molar refractivity (Wildman–Crippen MR) is 72.8 cm³/mol. The molecule has 0 bridgehead atoms. The van der Waals surface area contributed by atoms with Crippen LogP contribution in [0.1, 0.15) is 25.7 Å². The van der Waals surface area contributed by atoms with Crippen molar-refractivity contribution in [2.75, 3.05) is 6.61 Å². The van der Waals surface area contributed by atoms with E-state index >= 15 is 0 Å².